The van der Waals surface area contributed by atoms with Gasteiger partial charge in [0.25, 0.3) is 0 Å². The Balaban J connectivity index is 1.77. The Kier molecular flexibility index (Phi) is 5.01. The van der Waals surface area contributed by atoms with E-state index in [1.807, 2.05) is 74.1 Å². The van der Waals surface area contributed by atoms with Crippen molar-refractivity contribution in [2.75, 3.05) is 12.4 Å². The van der Waals surface area contributed by atoms with Crippen molar-refractivity contribution >= 4 is 11.7 Å². The van der Waals surface area contributed by atoms with Crippen molar-refractivity contribution in [3.8, 4) is 17.2 Å². The Morgan fingerprint density at radius 3 is 2.69 bits per heavy atom. The van der Waals surface area contributed by atoms with Gasteiger partial charge in [0.1, 0.15) is 5.82 Å². The molecule has 0 fully saturated rings. The van der Waals surface area contributed by atoms with E-state index < -0.39 is 0 Å². The Labute approximate surface area is 170 Å². The van der Waals surface area contributed by atoms with Crippen molar-refractivity contribution in [2.24, 2.45) is 0 Å². The van der Waals surface area contributed by atoms with Crippen LogP contribution in [0.4, 0.5) is 5.82 Å². The van der Waals surface area contributed by atoms with Gasteiger partial charge in [-0.05, 0) is 50.1 Å². The van der Waals surface area contributed by atoms with E-state index in [0.717, 1.165) is 28.2 Å². The summed E-state index contributed by atoms with van der Waals surface area (Å²) in [5.74, 6) is 1.96. The summed E-state index contributed by atoms with van der Waals surface area (Å²) in [7, 11) is 1.63. The third-order valence-corrected chi connectivity index (χ3v) is 5.12. The van der Waals surface area contributed by atoms with Crippen molar-refractivity contribution < 1.29 is 14.3 Å². The predicted octanol–water partition coefficient (Wildman–Crippen LogP) is 4.45. The van der Waals surface area contributed by atoms with E-state index in [2.05, 4.69) is 10.4 Å². The Morgan fingerprint density at radius 1 is 1.17 bits per heavy atom. The van der Waals surface area contributed by atoms with Crippen LogP contribution in [0.2, 0.25) is 0 Å². The molecule has 1 aliphatic heterocycles. The van der Waals surface area contributed by atoms with Crippen molar-refractivity contribution in [3.63, 3.8) is 0 Å². The number of aryl methyl sites for hydroxylation is 1. The summed E-state index contributed by atoms with van der Waals surface area (Å²) in [6, 6.07) is 13.9. The van der Waals surface area contributed by atoms with Crippen molar-refractivity contribution in [1.29, 1.82) is 0 Å². The SMILES string of the molecule is COc1cc(C2CC(=O)Nc3c2cnn3-c2ccccc2C)ccc1OC(C)C. The fourth-order valence-electron chi connectivity index (χ4n) is 3.75. The summed E-state index contributed by atoms with van der Waals surface area (Å²) in [6.07, 6.45) is 2.26. The van der Waals surface area contributed by atoms with Crippen LogP contribution >= 0.6 is 0 Å². The first kappa shape index (κ1) is 19.1. The number of hydrogen-bond donors (Lipinski definition) is 1. The molecular formula is C23H25N3O3. The third kappa shape index (κ3) is 3.58. The molecule has 1 N–H and O–H groups in total. The zero-order valence-corrected chi connectivity index (χ0v) is 17.1. The highest BCUT2D eigenvalue weighted by Gasteiger charge is 2.31. The van der Waals surface area contributed by atoms with Gasteiger partial charge in [0.05, 0.1) is 25.1 Å². The van der Waals surface area contributed by atoms with Gasteiger partial charge in [-0.3, -0.25) is 4.79 Å². The molecule has 1 aromatic heterocycles. The van der Waals surface area contributed by atoms with Crippen LogP contribution in [-0.2, 0) is 4.79 Å². The molecule has 2 heterocycles. The minimum absolute atomic E-state index is 0.0284. The Morgan fingerprint density at radius 2 is 1.97 bits per heavy atom. The number of nitrogens with one attached hydrogen (secondary N) is 1. The number of nitrogens with zero attached hydrogens (tertiary/aromatic N) is 2. The molecule has 0 aliphatic carbocycles. The number of amides is 1. The predicted molar refractivity (Wildman–Crippen MR) is 112 cm³/mol. The van der Waals surface area contributed by atoms with Gasteiger partial charge in [0.2, 0.25) is 5.91 Å². The van der Waals surface area contributed by atoms with Gasteiger partial charge in [0, 0.05) is 17.9 Å². The first-order valence-corrected chi connectivity index (χ1v) is 9.76. The fraction of sp³-hybridized carbons (Fsp3) is 0.304. The molecular weight excluding hydrogens is 366 g/mol. The molecule has 2 aromatic carbocycles. The maximum absolute atomic E-state index is 12.5. The molecule has 3 aromatic rings. The van der Waals surface area contributed by atoms with Crippen molar-refractivity contribution in [3.05, 3.63) is 65.4 Å². The van der Waals surface area contributed by atoms with Crippen LogP contribution in [0.25, 0.3) is 5.69 Å². The molecule has 6 heteroatoms. The van der Waals surface area contributed by atoms with Crippen LogP contribution in [0, 0.1) is 6.92 Å². The van der Waals surface area contributed by atoms with E-state index in [1.165, 1.54) is 0 Å². The zero-order chi connectivity index (χ0) is 20.5. The quantitative estimate of drug-likeness (QED) is 0.698. The summed E-state index contributed by atoms with van der Waals surface area (Å²) in [4.78, 5) is 12.5. The number of carbonyl (C=O) groups excluding carboxylic acids is 1. The molecule has 0 saturated carbocycles. The highest BCUT2D eigenvalue weighted by Crippen LogP contribution is 2.41. The van der Waals surface area contributed by atoms with Crippen molar-refractivity contribution in [1.82, 2.24) is 9.78 Å². The fourth-order valence-corrected chi connectivity index (χ4v) is 3.75. The molecule has 0 bridgehead atoms. The number of carbonyl (C=O) groups is 1. The molecule has 1 unspecified atom stereocenters. The molecule has 29 heavy (non-hydrogen) atoms. The van der Waals surface area contributed by atoms with Gasteiger partial charge in [-0.1, -0.05) is 24.3 Å². The van der Waals surface area contributed by atoms with Crippen molar-refractivity contribution in [2.45, 2.75) is 39.2 Å². The van der Waals surface area contributed by atoms with E-state index in [-0.39, 0.29) is 17.9 Å². The number of anilines is 1. The molecule has 150 valence electrons. The maximum Gasteiger partial charge on any atom is 0.226 e. The standard InChI is InChI=1S/C23H25N3O3/c1-14(2)29-20-10-9-16(11-21(20)28-4)17-12-22(27)25-23-18(17)13-24-26(23)19-8-6-5-7-15(19)3/h5-11,13-14,17H,12H2,1-4H3,(H,25,27). The number of para-hydroxylation sites is 1. The van der Waals surface area contributed by atoms with Gasteiger partial charge in [-0.2, -0.15) is 5.10 Å². The zero-order valence-electron chi connectivity index (χ0n) is 17.1. The second-order valence-corrected chi connectivity index (χ2v) is 7.53. The average molecular weight is 391 g/mol. The van der Waals surface area contributed by atoms with Crippen LogP contribution in [0.15, 0.2) is 48.7 Å². The highest BCUT2D eigenvalue weighted by atomic mass is 16.5. The normalized spacial score (nSPS) is 15.8. The molecule has 0 saturated heterocycles. The van der Waals surface area contributed by atoms with Crippen LogP contribution < -0.4 is 14.8 Å². The molecule has 0 radical (unpaired) electrons. The number of benzene rings is 2. The topological polar surface area (TPSA) is 65.4 Å². The van der Waals surface area contributed by atoms with E-state index >= 15 is 0 Å². The summed E-state index contributed by atoms with van der Waals surface area (Å²) >= 11 is 0. The third-order valence-electron chi connectivity index (χ3n) is 5.12. The van der Waals surface area contributed by atoms with Crippen LogP contribution in [-0.4, -0.2) is 28.9 Å². The lowest BCUT2D eigenvalue weighted by atomic mass is 9.87. The molecule has 1 amide bonds. The number of methoxy groups -OCH3 is 1. The number of hydrogen-bond acceptors (Lipinski definition) is 4. The molecule has 0 spiro atoms. The second-order valence-electron chi connectivity index (χ2n) is 7.53. The molecule has 6 nitrogen and oxygen atoms in total. The van der Waals surface area contributed by atoms with Gasteiger partial charge >= 0.3 is 0 Å². The minimum atomic E-state index is -0.0986. The first-order valence-electron chi connectivity index (χ1n) is 9.76. The summed E-state index contributed by atoms with van der Waals surface area (Å²) < 4.78 is 13.2. The van der Waals surface area contributed by atoms with Gasteiger partial charge < -0.3 is 14.8 Å². The van der Waals surface area contributed by atoms with Crippen LogP contribution in [0.5, 0.6) is 11.5 Å². The Hall–Kier alpha value is -3.28. The van der Waals surface area contributed by atoms with E-state index in [4.69, 9.17) is 9.47 Å². The largest absolute Gasteiger partial charge is 0.493 e. The van der Waals surface area contributed by atoms with E-state index in [0.29, 0.717) is 17.9 Å². The smallest absolute Gasteiger partial charge is 0.226 e. The summed E-state index contributed by atoms with van der Waals surface area (Å²) in [5.41, 5.74) is 4.03. The van der Waals surface area contributed by atoms with Gasteiger partial charge in [-0.15, -0.1) is 0 Å². The lowest BCUT2D eigenvalue weighted by molar-refractivity contribution is -0.116. The molecule has 1 atom stereocenters. The van der Waals surface area contributed by atoms with E-state index in [1.54, 1.807) is 7.11 Å². The summed E-state index contributed by atoms with van der Waals surface area (Å²) in [5, 5.41) is 7.59. The van der Waals surface area contributed by atoms with Crippen LogP contribution in [0.3, 0.4) is 0 Å². The second kappa shape index (κ2) is 7.62. The van der Waals surface area contributed by atoms with Gasteiger partial charge in [0.15, 0.2) is 11.5 Å². The number of aromatic nitrogens is 2. The van der Waals surface area contributed by atoms with Gasteiger partial charge in [-0.25, -0.2) is 4.68 Å². The number of rotatable bonds is 5. The lowest BCUT2D eigenvalue weighted by Crippen LogP contribution is -2.24. The highest BCUT2D eigenvalue weighted by molar-refractivity contribution is 5.94. The molecule has 1 aliphatic rings. The maximum atomic E-state index is 12.5. The first-order chi connectivity index (χ1) is 14.0. The lowest BCUT2D eigenvalue weighted by Gasteiger charge is -2.25. The van der Waals surface area contributed by atoms with E-state index in [9.17, 15) is 4.79 Å². The number of ether oxygens (including phenoxy) is 2. The minimum Gasteiger partial charge on any atom is -0.493 e. The summed E-state index contributed by atoms with van der Waals surface area (Å²) in [6.45, 7) is 5.99. The molecule has 4 rings (SSSR count). The monoisotopic (exact) mass is 391 g/mol. The number of fused-ring (bicyclic) bond motifs is 1. The Bertz CT molecular complexity index is 1060. The average Bonchev–Trinajstić information content (AvgIpc) is 3.11. The van der Waals surface area contributed by atoms with Crippen LogP contribution in [0.1, 0.15) is 42.9 Å².